The third-order valence-corrected chi connectivity index (χ3v) is 11.6. The van der Waals surface area contributed by atoms with Crippen LogP contribution in [0.1, 0.15) is 22.3 Å². The van der Waals surface area contributed by atoms with Crippen LogP contribution in [0.3, 0.4) is 0 Å². The third kappa shape index (κ3) is 4.68. The van der Waals surface area contributed by atoms with E-state index in [-0.39, 0.29) is 0 Å². The van der Waals surface area contributed by atoms with Gasteiger partial charge in [0, 0.05) is 33.9 Å². The van der Waals surface area contributed by atoms with Gasteiger partial charge in [0.25, 0.3) is 0 Å². The van der Waals surface area contributed by atoms with Gasteiger partial charge < -0.3 is 9.80 Å². The molecular formula is C53H36N2. The highest BCUT2D eigenvalue weighted by molar-refractivity contribution is 6.05. The SMILES string of the molecule is c1ccc(-c2ccc3c4c2N(c2ccccc2)c2ccccc2C4(c2ccccc2)c2cc(N(c4ccccc4)c4ccc5ccccc5c4)ccc2-3)cc1. The lowest BCUT2D eigenvalue weighted by atomic mass is 9.64. The normalized spacial score (nSPS) is 14.9. The minimum Gasteiger partial charge on any atom is -0.310 e. The largest absolute Gasteiger partial charge is 0.310 e. The number of para-hydroxylation sites is 3. The first-order valence-electron chi connectivity index (χ1n) is 19.0. The molecule has 1 unspecified atom stereocenters. The van der Waals surface area contributed by atoms with Crippen molar-refractivity contribution in [3.05, 3.63) is 241 Å². The van der Waals surface area contributed by atoms with E-state index in [4.69, 9.17) is 0 Å². The Morgan fingerprint density at radius 1 is 0.382 bits per heavy atom. The van der Waals surface area contributed by atoms with Crippen molar-refractivity contribution in [2.24, 2.45) is 0 Å². The molecule has 0 radical (unpaired) electrons. The molecule has 9 aromatic carbocycles. The average Bonchev–Trinajstić information content (AvgIpc) is 3.56. The lowest BCUT2D eigenvalue weighted by Gasteiger charge is -2.45. The first kappa shape index (κ1) is 31.4. The summed E-state index contributed by atoms with van der Waals surface area (Å²) in [5.74, 6) is 0. The summed E-state index contributed by atoms with van der Waals surface area (Å²) in [4.78, 5) is 4.92. The molecule has 11 rings (SSSR count). The van der Waals surface area contributed by atoms with E-state index >= 15 is 0 Å². The molecule has 0 fully saturated rings. The minimum atomic E-state index is -0.588. The van der Waals surface area contributed by atoms with Gasteiger partial charge in [0.2, 0.25) is 0 Å². The van der Waals surface area contributed by atoms with E-state index in [1.807, 2.05) is 0 Å². The number of benzene rings is 9. The van der Waals surface area contributed by atoms with Crippen LogP contribution in [0.25, 0.3) is 33.0 Å². The second-order valence-electron chi connectivity index (χ2n) is 14.5. The number of hydrogen-bond acceptors (Lipinski definition) is 2. The fourth-order valence-corrected chi connectivity index (χ4v) is 9.34. The lowest BCUT2D eigenvalue weighted by molar-refractivity contribution is 0.754. The number of rotatable bonds is 6. The predicted molar refractivity (Wildman–Crippen MR) is 230 cm³/mol. The molecule has 0 saturated heterocycles. The van der Waals surface area contributed by atoms with Crippen molar-refractivity contribution >= 4 is 44.9 Å². The molecule has 1 atom stereocenters. The summed E-state index contributed by atoms with van der Waals surface area (Å²) in [7, 11) is 0. The van der Waals surface area contributed by atoms with Crippen molar-refractivity contribution in [3.8, 4) is 22.3 Å². The summed E-state index contributed by atoms with van der Waals surface area (Å²) >= 11 is 0. The Morgan fingerprint density at radius 2 is 0.964 bits per heavy atom. The van der Waals surface area contributed by atoms with Gasteiger partial charge >= 0.3 is 0 Å². The zero-order chi connectivity index (χ0) is 36.3. The molecular weight excluding hydrogens is 665 g/mol. The molecule has 258 valence electrons. The van der Waals surface area contributed by atoms with Gasteiger partial charge in [0.05, 0.1) is 16.8 Å². The van der Waals surface area contributed by atoms with Gasteiger partial charge in [0.15, 0.2) is 0 Å². The zero-order valence-electron chi connectivity index (χ0n) is 30.2. The lowest BCUT2D eigenvalue weighted by Crippen LogP contribution is -2.36. The van der Waals surface area contributed by atoms with E-state index in [2.05, 4.69) is 228 Å². The Labute approximate surface area is 321 Å². The average molecular weight is 701 g/mol. The molecule has 0 saturated carbocycles. The number of anilines is 6. The zero-order valence-corrected chi connectivity index (χ0v) is 30.2. The summed E-state index contributed by atoms with van der Waals surface area (Å²) < 4.78 is 0. The molecule has 1 heterocycles. The second kappa shape index (κ2) is 12.5. The highest BCUT2D eigenvalue weighted by atomic mass is 15.2. The predicted octanol–water partition coefficient (Wildman–Crippen LogP) is 14.1. The molecule has 55 heavy (non-hydrogen) atoms. The summed E-state index contributed by atoms with van der Waals surface area (Å²) in [6, 6.07) is 80.1. The fourth-order valence-electron chi connectivity index (χ4n) is 9.34. The van der Waals surface area contributed by atoms with Crippen molar-refractivity contribution in [2.45, 2.75) is 5.41 Å². The van der Waals surface area contributed by atoms with Gasteiger partial charge in [-0.25, -0.2) is 0 Å². The topological polar surface area (TPSA) is 6.48 Å². The van der Waals surface area contributed by atoms with Gasteiger partial charge in [-0.2, -0.15) is 0 Å². The van der Waals surface area contributed by atoms with Crippen molar-refractivity contribution < 1.29 is 0 Å². The first-order valence-corrected chi connectivity index (χ1v) is 19.0. The van der Waals surface area contributed by atoms with Crippen LogP contribution in [-0.4, -0.2) is 0 Å². The Hall–Kier alpha value is -7.16. The Morgan fingerprint density at radius 3 is 1.75 bits per heavy atom. The second-order valence-corrected chi connectivity index (χ2v) is 14.5. The van der Waals surface area contributed by atoms with Crippen molar-refractivity contribution in [1.82, 2.24) is 0 Å². The monoisotopic (exact) mass is 700 g/mol. The minimum absolute atomic E-state index is 0.588. The van der Waals surface area contributed by atoms with Gasteiger partial charge in [-0.05, 0) is 98.8 Å². The Kier molecular flexibility index (Phi) is 7.11. The van der Waals surface area contributed by atoms with E-state index in [9.17, 15) is 0 Å². The molecule has 2 heteroatoms. The summed E-state index contributed by atoms with van der Waals surface area (Å²) in [5, 5.41) is 2.45. The van der Waals surface area contributed by atoms with Crippen LogP contribution in [0, 0.1) is 0 Å². The standard InChI is InChI=1S/C53H36N2/c1-5-18-38(19-6-1)45-33-34-47-46-32-31-44(54(41-23-9-3-10-24-41)43-30-29-37-17-13-14-20-39(37)35-43)36-49(46)53(40-21-7-2-8-22-40)48-27-15-16-28-50(48)55(52(45)51(47)53)42-25-11-4-12-26-42/h1-36H. The summed E-state index contributed by atoms with van der Waals surface area (Å²) in [6.45, 7) is 0. The highest BCUT2D eigenvalue weighted by Crippen LogP contribution is 2.66. The van der Waals surface area contributed by atoms with Gasteiger partial charge in [0.1, 0.15) is 0 Å². The first-order chi connectivity index (χ1) is 27.3. The maximum atomic E-state index is 2.51. The van der Waals surface area contributed by atoms with Crippen LogP contribution < -0.4 is 9.80 Å². The molecule has 0 spiro atoms. The number of nitrogens with zero attached hydrogens (tertiary/aromatic N) is 2. The molecule has 0 aromatic heterocycles. The summed E-state index contributed by atoms with van der Waals surface area (Å²) in [6.07, 6.45) is 0. The molecule has 2 nitrogen and oxygen atoms in total. The van der Waals surface area contributed by atoms with Crippen LogP contribution in [-0.2, 0) is 5.41 Å². The molecule has 1 aliphatic heterocycles. The molecule has 0 bridgehead atoms. The van der Waals surface area contributed by atoms with Crippen molar-refractivity contribution in [2.75, 3.05) is 9.80 Å². The van der Waals surface area contributed by atoms with E-state index in [0.717, 1.165) is 22.7 Å². The van der Waals surface area contributed by atoms with Crippen LogP contribution >= 0.6 is 0 Å². The molecule has 0 N–H and O–H groups in total. The third-order valence-electron chi connectivity index (χ3n) is 11.6. The Bertz CT molecular complexity index is 2870. The van der Waals surface area contributed by atoms with E-state index in [1.165, 1.54) is 66.7 Å². The molecule has 9 aromatic rings. The van der Waals surface area contributed by atoms with Crippen molar-refractivity contribution in [1.29, 1.82) is 0 Å². The van der Waals surface area contributed by atoms with Crippen LogP contribution in [0.4, 0.5) is 34.1 Å². The van der Waals surface area contributed by atoms with Gasteiger partial charge in [-0.3, -0.25) is 0 Å². The number of hydrogen-bond donors (Lipinski definition) is 0. The van der Waals surface area contributed by atoms with E-state index < -0.39 is 5.41 Å². The summed E-state index contributed by atoms with van der Waals surface area (Å²) in [5.41, 5.74) is 16.4. The van der Waals surface area contributed by atoms with Crippen LogP contribution in [0.5, 0.6) is 0 Å². The quantitative estimate of drug-likeness (QED) is 0.170. The smallest absolute Gasteiger partial charge is 0.0755 e. The van der Waals surface area contributed by atoms with E-state index in [0.29, 0.717) is 0 Å². The van der Waals surface area contributed by atoms with Crippen LogP contribution in [0.15, 0.2) is 218 Å². The molecule has 0 amide bonds. The highest BCUT2D eigenvalue weighted by Gasteiger charge is 2.53. The molecule has 1 aliphatic carbocycles. The van der Waals surface area contributed by atoms with Crippen LogP contribution in [0.2, 0.25) is 0 Å². The maximum Gasteiger partial charge on any atom is 0.0755 e. The maximum absolute atomic E-state index is 2.51. The molecule has 2 aliphatic rings. The van der Waals surface area contributed by atoms with E-state index in [1.54, 1.807) is 0 Å². The fraction of sp³-hybridized carbons (Fsp3) is 0.0189. The Balaban J connectivity index is 1.25. The number of fused-ring (bicyclic) bond motifs is 6. The van der Waals surface area contributed by atoms with Crippen molar-refractivity contribution in [3.63, 3.8) is 0 Å². The van der Waals surface area contributed by atoms with Gasteiger partial charge in [-0.1, -0.05) is 164 Å². The van der Waals surface area contributed by atoms with Gasteiger partial charge in [-0.15, -0.1) is 0 Å².